The summed E-state index contributed by atoms with van der Waals surface area (Å²) in [7, 11) is 0. The first-order valence-electron chi connectivity index (χ1n) is 27.6. The quantitative estimate of drug-likeness (QED) is 0.105. The monoisotopic (exact) mass is 1080 g/mol. The number of carbonyl (C=O) groups is 2. The van der Waals surface area contributed by atoms with Gasteiger partial charge in [0.25, 0.3) is 11.8 Å². The maximum Gasteiger partial charge on any atom is 0.278 e. The van der Waals surface area contributed by atoms with Crippen molar-refractivity contribution in [3.05, 3.63) is 264 Å². The number of amides is 2. The molecule has 6 aliphatic rings. The summed E-state index contributed by atoms with van der Waals surface area (Å²) >= 11 is 0. The molecule has 1 N–H and O–H groups in total. The summed E-state index contributed by atoms with van der Waals surface area (Å²) in [4.78, 5) is 57.1. The summed E-state index contributed by atoms with van der Waals surface area (Å²) in [6, 6.07) is 55.9. The molecule has 2 amide bonds. The van der Waals surface area contributed by atoms with E-state index in [1.807, 2.05) is 65.3 Å². The van der Waals surface area contributed by atoms with E-state index in [4.69, 9.17) is 14.2 Å². The molecule has 0 saturated heterocycles. The van der Waals surface area contributed by atoms with Gasteiger partial charge < -0.3 is 29.1 Å². The smallest absolute Gasteiger partial charge is 0.278 e. The fourth-order valence-corrected chi connectivity index (χ4v) is 13.3. The van der Waals surface area contributed by atoms with Gasteiger partial charge in [-0.15, -0.1) is 0 Å². The number of para-hydroxylation sites is 2. The van der Waals surface area contributed by atoms with Crippen LogP contribution in [0.5, 0.6) is 23.0 Å². The third-order valence-corrected chi connectivity index (χ3v) is 16.8. The minimum atomic E-state index is -0.642. The Bertz CT molecular complexity index is 3810. The highest BCUT2D eigenvalue weighted by Crippen LogP contribution is 2.58. The molecule has 14 rings (SSSR count). The molecule has 8 aromatic rings. The lowest BCUT2D eigenvalue weighted by Gasteiger charge is -2.50. The number of hydrogen-bond donors (Lipinski definition) is 1. The van der Waals surface area contributed by atoms with Crippen LogP contribution in [0.3, 0.4) is 0 Å². The number of pyridine rings is 2. The van der Waals surface area contributed by atoms with Crippen molar-refractivity contribution in [1.29, 1.82) is 0 Å². The van der Waals surface area contributed by atoms with Crippen LogP contribution in [-0.4, -0.2) is 82.3 Å². The second kappa shape index (κ2) is 21.4. The van der Waals surface area contributed by atoms with E-state index in [9.17, 15) is 24.3 Å². The van der Waals surface area contributed by atoms with Crippen LogP contribution >= 0.6 is 0 Å². The molecule has 4 heterocycles. The van der Waals surface area contributed by atoms with E-state index >= 15 is 0 Å². The summed E-state index contributed by atoms with van der Waals surface area (Å²) in [6.45, 7) is 4.28. The van der Waals surface area contributed by atoms with Gasteiger partial charge in [-0.2, -0.15) is 0 Å². The van der Waals surface area contributed by atoms with Crippen LogP contribution in [0.1, 0.15) is 92.7 Å². The first kappa shape index (κ1) is 52.4. The number of aromatic nitrogens is 2. The van der Waals surface area contributed by atoms with Gasteiger partial charge in [-0.05, 0) is 100 Å². The topological polar surface area (TPSA) is 139 Å². The molecule has 81 heavy (non-hydrogen) atoms. The Morgan fingerprint density at radius 2 is 1.04 bits per heavy atom. The van der Waals surface area contributed by atoms with Gasteiger partial charge in [0, 0.05) is 30.4 Å². The molecule has 0 spiro atoms. The standard InChI is InChI=1S/C35H33N3O4.C31H27N3O4.CH4/c1-2-3-20-42-33-31(39)17-18-37-32(33)34(40)36(19-21-41-28-13-5-4-6-14-28)24-38(37)35-27(22-25-11-7-9-15-29(25)35)23-26-12-8-10-16-30(26)35;35-27-14-15-33-28(29(27)36)30(37)32(16-17-38-24-10-2-1-3-11-24)20-34(33)31-23(18-21-8-4-6-12-25(21)31)19-22-9-5-7-13-26(22)31;/h4-18,22H,2-3,19-21,23-24H2,1H3;1-15,23,36H,16-20H2;1H4. The fraction of sp³-hybridized carbons (Fsp3) is 0.254. The Morgan fingerprint density at radius 3 is 1.65 bits per heavy atom. The lowest BCUT2D eigenvalue weighted by Crippen LogP contribution is -2.63. The lowest BCUT2D eigenvalue weighted by atomic mass is 9.81. The number of fused-ring (bicyclic) bond motifs is 12. The highest BCUT2D eigenvalue weighted by atomic mass is 16.5. The molecule has 0 fully saturated rings. The van der Waals surface area contributed by atoms with E-state index in [0.717, 1.165) is 49.2 Å². The van der Waals surface area contributed by atoms with Gasteiger partial charge in [-0.25, -0.2) is 0 Å². The molecule has 1 atom stereocenters. The summed E-state index contributed by atoms with van der Waals surface area (Å²) in [5, 5.41) is 15.3. The number of carbonyl (C=O) groups excluding carboxylic acids is 2. The molecule has 6 aromatic carbocycles. The predicted octanol–water partition coefficient (Wildman–Crippen LogP) is 9.65. The molecule has 0 saturated carbocycles. The van der Waals surface area contributed by atoms with Gasteiger partial charge in [0.05, 0.1) is 19.7 Å². The molecule has 2 aliphatic heterocycles. The molecule has 410 valence electrons. The minimum absolute atomic E-state index is 0. The van der Waals surface area contributed by atoms with E-state index in [1.54, 1.807) is 26.9 Å². The Labute approximate surface area is 470 Å². The lowest BCUT2D eigenvalue weighted by molar-refractivity contribution is 0.0615. The number of nitrogens with zero attached hydrogens (tertiary/aromatic N) is 6. The van der Waals surface area contributed by atoms with Crippen molar-refractivity contribution in [2.45, 2.75) is 57.5 Å². The van der Waals surface area contributed by atoms with Crippen LogP contribution in [0.4, 0.5) is 0 Å². The number of benzene rings is 6. The van der Waals surface area contributed by atoms with Gasteiger partial charge in [0.2, 0.25) is 10.9 Å². The Hall–Kier alpha value is -9.30. The van der Waals surface area contributed by atoms with Gasteiger partial charge in [-0.1, -0.05) is 160 Å². The van der Waals surface area contributed by atoms with Crippen molar-refractivity contribution in [3.8, 4) is 23.0 Å². The van der Waals surface area contributed by atoms with Gasteiger partial charge in [0.15, 0.2) is 22.9 Å². The number of unbranched alkanes of at least 4 members (excludes halogenated alkanes) is 1. The molecule has 14 nitrogen and oxygen atoms in total. The number of hydrogen-bond acceptors (Lipinski definition) is 10. The maximum absolute atomic E-state index is 14.2. The molecular formula is C67H64N6O8. The average molecular weight is 1080 g/mol. The van der Waals surface area contributed by atoms with Crippen molar-refractivity contribution in [2.24, 2.45) is 5.92 Å². The van der Waals surface area contributed by atoms with Crippen molar-refractivity contribution in [1.82, 2.24) is 19.2 Å². The van der Waals surface area contributed by atoms with Crippen molar-refractivity contribution < 1.29 is 28.9 Å². The van der Waals surface area contributed by atoms with Gasteiger partial charge in [-0.3, -0.25) is 38.5 Å². The van der Waals surface area contributed by atoms with Crippen LogP contribution in [0.2, 0.25) is 0 Å². The third kappa shape index (κ3) is 8.54. The summed E-state index contributed by atoms with van der Waals surface area (Å²) in [6.07, 6.45) is 9.98. The zero-order chi connectivity index (χ0) is 54.5. The van der Waals surface area contributed by atoms with Crippen LogP contribution in [0.15, 0.2) is 197 Å². The molecule has 14 heteroatoms. The average Bonchev–Trinajstić information content (AvgIpc) is 2.88. The van der Waals surface area contributed by atoms with E-state index in [0.29, 0.717) is 33.0 Å². The number of aromatic hydroxyl groups is 1. The largest absolute Gasteiger partial charge is 0.502 e. The molecule has 2 aromatic heterocycles. The normalized spacial score (nSPS) is 19.3. The van der Waals surface area contributed by atoms with Crippen LogP contribution < -0.4 is 35.1 Å². The summed E-state index contributed by atoms with van der Waals surface area (Å²) in [5.74, 6) is 0.655. The van der Waals surface area contributed by atoms with E-state index in [-0.39, 0.29) is 55.1 Å². The molecule has 4 aliphatic carbocycles. The van der Waals surface area contributed by atoms with E-state index in [1.165, 1.54) is 56.6 Å². The number of rotatable bonds is 14. The van der Waals surface area contributed by atoms with Gasteiger partial charge in [0.1, 0.15) is 49.1 Å². The van der Waals surface area contributed by atoms with Crippen molar-refractivity contribution in [2.75, 3.05) is 56.3 Å². The maximum atomic E-state index is 14.2. The van der Waals surface area contributed by atoms with Crippen molar-refractivity contribution >= 4 is 17.9 Å². The summed E-state index contributed by atoms with van der Waals surface area (Å²) < 4.78 is 21.6. The predicted molar refractivity (Wildman–Crippen MR) is 312 cm³/mol. The molecule has 0 bridgehead atoms. The molecule has 1 unspecified atom stereocenters. The van der Waals surface area contributed by atoms with Gasteiger partial charge >= 0.3 is 0 Å². The molecule has 0 radical (unpaired) electrons. The second-order valence-electron chi connectivity index (χ2n) is 21.2. The first-order valence-corrected chi connectivity index (χ1v) is 27.6. The Balaban J connectivity index is 0.000000160. The first-order chi connectivity index (χ1) is 39.2. The SMILES string of the molecule is C.CCCCOc1c2n(ccc1=O)N(C13C(=Cc4ccccc41)Cc1ccccc13)CN(CCOc1ccccc1)C2=O.O=C1c2c(O)c(=O)ccn2N(C23c4ccccc4CC2Cc2ccccc23)CN1CCOc1ccccc1. The van der Waals surface area contributed by atoms with E-state index < -0.39 is 28.2 Å². The van der Waals surface area contributed by atoms with Crippen LogP contribution in [-0.2, 0) is 30.3 Å². The molecular weight excluding hydrogens is 1020 g/mol. The highest BCUT2D eigenvalue weighted by molar-refractivity contribution is 5.97. The Morgan fingerprint density at radius 1 is 0.531 bits per heavy atom. The minimum Gasteiger partial charge on any atom is -0.502 e. The Kier molecular flexibility index (Phi) is 13.8. The summed E-state index contributed by atoms with van der Waals surface area (Å²) in [5.41, 5.74) is 9.20. The third-order valence-electron chi connectivity index (χ3n) is 16.8. The zero-order valence-electron chi connectivity index (χ0n) is 44.4. The fourth-order valence-electron chi connectivity index (χ4n) is 13.3. The van der Waals surface area contributed by atoms with Crippen LogP contribution in [0.25, 0.3) is 6.08 Å². The van der Waals surface area contributed by atoms with Crippen molar-refractivity contribution in [3.63, 3.8) is 0 Å². The van der Waals surface area contributed by atoms with Crippen LogP contribution in [0, 0.1) is 5.92 Å². The van der Waals surface area contributed by atoms with E-state index in [2.05, 4.69) is 120 Å². The zero-order valence-corrected chi connectivity index (χ0v) is 44.4. The second-order valence-corrected chi connectivity index (χ2v) is 21.2. The highest BCUT2D eigenvalue weighted by Gasteiger charge is 2.59. The number of ether oxygens (including phenoxy) is 3.